The van der Waals surface area contributed by atoms with Gasteiger partial charge in [-0.2, -0.15) is 0 Å². The number of aliphatic imine (C=N–C) groups is 1. The first kappa shape index (κ1) is 17.9. The highest BCUT2D eigenvalue weighted by molar-refractivity contribution is 9.10. The van der Waals surface area contributed by atoms with E-state index in [1.165, 1.54) is 5.56 Å². The highest BCUT2D eigenvalue weighted by atomic mass is 79.9. The standard InChI is InChI=1S/C17H23BrN4S/c1-4-19-17(20-10-9-15-12-23-13(2)21-15)22(3)11-14-7-5-6-8-16(14)18/h5-8,12H,4,9-11H2,1-3H3,(H,19,20). The van der Waals surface area contributed by atoms with E-state index in [1.54, 1.807) is 11.3 Å². The molecule has 0 unspecified atom stereocenters. The first-order chi connectivity index (χ1) is 11.1. The minimum Gasteiger partial charge on any atom is -0.357 e. The maximum absolute atomic E-state index is 4.72. The van der Waals surface area contributed by atoms with Gasteiger partial charge in [-0.1, -0.05) is 34.1 Å². The van der Waals surface area contributed by atoms with Gasteiger partial charge in [0.1, 0.15) is 0 Å². The highest BCUT2D eigenvalue weighted by Crippen LogP contribution is 2.17. The fourth-order valence-corrected chi connectivity index (χ4v) is 3.28. The van der Waals surface area contributed by atoms with Crippen LogP contribution in [0.5, 0.6) is 0 Å². The van der Waals surface area contributed by atoms with Crippen molar-refractivity contribution < 1.29 is 0 Å². The first-order valence-corrected chi connectivity index (χ1v) is 9.41. The van der Waals surface area contributed by atoms with Crippen molar-refractivity contribution in [2.24, 2.45) is 4.99 Å². The van der Waals surface area contributed by atoms with Crippen LogP contribution < -0.4 is 5.32 Å². The molecule has 0 radical (unpaired) electrons. The minimum atomic E-state index is 0.742. The largest absolute Gasteiger partial charge is 0.357 e. The summed E-state index contributed by atoms with van der Waals surface area (Å²) < 4.78 is 1.13. The van der Waals surface area contributed by atoms with Crippen LogP contribution in [0.25, 0.3) is 0 Å². The fourth-order valence-electron chi connectivity index (χ4n) is 2.23. The van der Waals surface area contributed by atoms with Gasteiger partial charge in [-0.15, -0.1) is 11.3 Å². The third-order valence-electron chi connectivity index (χ3n) is 3.36. The number of halogens is 1. The number of aromatic nitrogens is 1. The predicted octanol–water partition coefficient (Wildman–Crippen LogP) is 3.85. The van der Waals surface area contributed by atoms with Crippen LogP contribution >= 0.6 is 27.3 Å². The Balaban J connectivity index is 1.98. The molecule has 0 fully saturated rings. The van der Waals surface area contributed by atoms with E-state index >= 15 is 0 Å². The summed E-state index contributed by atoms with van der Waals surface area (Å²) in [5.41, 5.74) is 2.37. The van der Waals surface area contributed by atoms with E-state index in [0.29, 0.717) is 0 Å². The summed E-state index contributed by atoms with van der Waals surface area (Å²) in [6.07, 6.45) is 0.877. The van der Waals surface area contributed by atoms with Crippen molar-refractivity contribution in [3.8, 4) is 0 Å². The number of benzene rings is 1. The molecule has 1 aromatic heterocycles. The Morgan fingerprint density at radius 1 is 1.39 bits per heavy atom. The molecular formula is C17H23BrN4S. The lowest BCUT2D eigenvalue weighted by molar-refractivity contribution is 0.476. The zero-order valence-electron chi connectivity index (χ0n) is 13.8. The summed E-state index contributed by atoms with van der Waals surface area (Å²) in [4.78, 5) is 11.4. The smallest absolute Gasteiger partial charge is 0.193 e. The molecule has 2 aromatic rings. The molecule has 6 heteroatoms. The van der Waals surface area contributed by atoms with Gasteiger partial charge in [0.05, 0.1) is 10.7 Å². The molecule has 1 heterocycles. The summed E-state index contributed by atoms with van der Waals surface area (Å²) in [5.74, 6) is 0.926. The topological polar surface area (TPSA) is 40.5 Å². The van der Waals surface area contributed by atoms with E-state index < -0.39 is 0 Å². The summed E-state index contributed by atoms with van der Waals surface area (Å²) in [7, 11) is 2.06. The number of aryl methyl sites for hydroxylation is 1. The second-order valence-electron chi connectivity index (χ2n) is 5.29. The number of rotatable bonds is 6. The molecular weight excluding hydrogens is 372 g/mol. The zero-order chi connectivity index (χ0) is 16.7. The van der Waals surface area contributed by atoms with Crippen LogP contribution in [-0.4, -0.2) is 36.0 Å². The second-order valence-corrected chi connectivity index (χ2v) is 7.21. The molecule has 1 N–H and O–H groups in total. The van der Waals surface area contributed by atoms with E-state index in [4.69, 9.17) is 4.99 Å². The van der Waals surface area contributed by atoms with Gasteiger partial charge in [0.2, 0.25) is 0 Å². The number of thiazole rings is 1. The number of hydrogen-bond acceptors (Lipinski definition) is 3. The molecule has 0 atom stereocenters. The molecule has 0 spiro atoms. The van der Waals surface area contributed by atoms with Crippen LogP contribution in [0.1, 0.15) is 23.2 Å². The molecule has 0 amide bonds. The Morgan fingerprint density at radius 2 is 2.17 bits per heavy atom. The number of hydrogen-bond donors (Lipinski definition) is 1. The van der Waals surface area contributed by atoms with Crippen LogP contribution in [-0.2, 0) is 13.0 Å². The SMILES string of the molecule is CCNC(=NCCc1csc(C)n1)N(C)Cc1ccccc1Br. The molecule has 0 aliphatic heterocycles. The van der Waals surface area contributed by atoms with Crippen LogP contribution in [0.2, 0.25) is 0 Å². The van der Waals surface area contributed by atoms with Gasteiger partial charge in [0.15, 0.2) is 5.96 Å². The molecule has 0 saturated heterocycles. The van der Waals surface area contributed by atoms with Gasteiger partial charge in [-0.05, 0) is 25.5 Å². The average Bonchev–Trinajstić information content (AvgIpc) is 2.94. The quantitative estimate of drug-likeness (QED) is 0.597. The highest BCUT2D eigenvalue weighted by Gasteiger charge is 2.08. The van der Waals surface area contributed by atoms with Gasteiger partial charge in [-0.25, -0.2) is 4.98 Å². The first-order valence-electron chi connectivity index (χ1n) is 7.74. The lowest BCUT2D eigenvalue weighted by Gasteiger charge is -2.22. The average molecular weight is 395 g/mol. The van der Waals surface area contributed by atoms with Gasteiger partial charge in [0, 0.05) is 43.0 Å². The molecule has 0 bridgehead atoms. The zero-order valence-corrected chi connectivity index (χ0v) is 16.2. The van der Waals surface area contributed by atoms with Crippen molar-refractivity contribution >= 4 is 33.2 Å². The molecule has 124 valence electrons. The summed E-state index contributed by atoms with van der Waals surface area (Å²) in [5, 5.41) is 6.58. The Morgan fingerprint density at radius 3 is 2.83 bits per heavy atom. The van der Waals surface area contributed by atoms with E-state index in [9.17, 15) is 0 Å². The van der Waals surface area contributed by atoms with Crippen molar-refractivity contribution in [2.45, 2.75) is 26.8 Å². The van der Waals surface area contributed by atoms with E-state index in [0.717, 1.165) is 47.2 Å². The van der Waals surface area contributed by atoms with E-state index in [-0.39, 0.29) is 0 Å². The Hall–Kier alpha value is -1.40. The Labute approximate surface area is 150 Å². The third-order valence-corrected chi connectivity index (χ3v) is 4.95. The Kier molecular flexibility index (Phi) is 7.05. The van der Waals surface area contributed by atoms with Crippen molar-refractivity contribution in [3.63, 3.8) is 0 Å². The van der Waals surface area contributed by atoms with Gasteiger partial charge in [0.25, 0.3) is 0 Å². The molecule has 23 heavy (non-hydrogen) atoms. The predicted molar refractivity (Wildman–Crippen MR) is 102 cm³/mol. The summed E-state index contributed by atoms with van der Waals surface area (Å²) in [6.45, 7) is 6.53. The fraction of sp³-hybridized carbons (Fsp3) is 0.412. The van der Waals surface area contributed by atoms with Gasteiger partial charge >= 0.3 is 0 Å². The normalized spacial score (nSPS) is 11.6. The molecule has 1 aromatic carbocycles. The van der Waals surface area contributed by atoms with E-state index in [1.807, 2.05) is 13.0 Å². The van der Waals surface area contributed by atoms with Crippen molar-refractivity contribution in [3.05, 3.63) is 50.4 Å². The summed E-state index contributed by atoms with van der Waals surface area (Å²) in [6, 6.07) is 8.28. The van der Waals surface area contributed by atoms with Crippen LogP contribution in [0.3, 0.4) is 0 Å². The molecule has 0 aliphatic rings. The second kappa shape index (κ2) is 9.03. The van der Waals surface area contributed by atoms with Crippen LogP contribution in [0.4, 0.5) is 0 Å². The van der Waals surface area contributed by atoms with Crippen LogP contribution in [0, 0.1) is 6.92 Å². The number of nitrogens with zero attached hydrogens (tertiary/aromatic N) is 3. The van der Waals surface area contributed by atoms with Crippen molar-refractivity contribution in [1.29, 1.82) is 0 Å². The molecule has 0 saturated carbocycles. The summed E-state index contributed by atoms with van der Waals surface area (Å²) >= 11 is 5.30. The van der Waals surface area contributed by atoms with Gasteiger partial charge < -0.3 is 10.2 Å². The van der Waals surface area contributed by atoms with Crippen molar-refractivity contribution in [1.82, 2.24) is 15.2 Å². The lowest BCUT2D eigenvalue weighted by atomic mass is 10.2. The minimum absolute atomic E-state index is 0.742. The maximum Gasteiger partial charge on any atom is 0.193 e. The van der Waals surface area contributed by atoms with Crippen LogP contribution in [0.15, 0.2) is 39.1 Å². The number of guanidine groups is 1. The lowest BCUT2D eigenvalue weighted by Crippen LogP contribution is -2.38. The van der Waals surface area contributed by atoms with Gasteiger partial charge in [-0.3, -0.25) is 4.99 Å². The Bertz CT molecular complexity index is 654. The molecule has 2 rings (SSSR count). The molecule has 4 nitrogen and oxygen atoms in total. The third kappa shape index (κ3) is 5.62. The monoisotopic (exact) mass is 394 g/mol. The number of nitrogens with one attached hydrogen (secondary N) is 1. The maximum atomic E-state index is 4.72. The van der Waals surface area contributed by atoms with Crippen molar-refractivity contribution in [2.75, 3.05) is 20.1 Å². The molecule has 0 aliphatic carbocycles. The van der Waals surface area contributed by atoms with E-state index in [2.05, 4.69) is 68.7 Å².